The summed E-state index contributed by atoms with van der Waals surface area (Å²) in [6.07, 6.45) is -1.75. The summed E-state index contributed by atoms with van der Waals surface area (Å²) >= 11 is 0. The number of rotatable bonds is 2. The van der Waals surface area contributed by atoms with Crippen LogP contribution in [0.4, 0.5) is 19.0 Å². The normalized spacial score (nSPS) is 31.2. The van der Waals surface area contributed by atoms with Crippen molar-refractivity contribution in [1.29, 1.82) is 0 Å². The standard InChI is InChI=1S/C24H29F3N4O/c1-22(2)11-16-12-23(3,13-22)14-30(16)21(32)18-10-20-28-17(15-7-5-4-6-8-15)9-19(24(25,26)27)31(20)29-18/h4-8,10,16-17,19,28H,9,11-14H2,1-3H3. The van der Waals surface area contributed by atoms with Crippen molar-refractivity contribution in [3.05, 3.63) is 47.7 Å². The SMILES string of the molecule is CC1(C)CC2CC(C)(CN2C(=O)c2cc3n(n2)C(C(F)(F)F)CC(c2ccccc2)N3)C1. The van der Waals surface area contributed by atoms with E-state index in [4.69, 9.17) is 0 Å². The molecule has 2 aliphatic heterocycles. The van der Waals surface area contributed by atoms with Crippen molar-refractivity contribution in [3.8, 4) is 0 Å². The second-order valence-corrected chi connectivity index (χ2v) is 10.9. The number of nitrogens with one attached hydrogen (secondary N) is 1. The van der Waals surface area contributed by atoms with Crippen LogP contribution in [0.5, 0.6) is 0 Å². The van der Waals surface area contributed by atoms with Crippen LogP contribution >= 0.6 is 0 Å². The van der Waals surface area contributed by atoms with Gasteiger partial charge in [-0.3, -0.25) is 4.79 Å². The maximum Gasteiger partial charge on any atom is 0.410 e. The molecule has 2 fully saturated rings. The topological polar surface area (TPSA) is 50.2 Å². The molecule has 1 aromatic carbocycles. The number of anilines is 1. The minimum Gasteiger partial charge on any atom is -0.363 e. The van der Waals surface area contributed by atoms with Crippen molar-refractivity contribution in [2.75, 3.05) is 11.9 Å². The number of halogens is 3. The molecule has 0 radical (unpaired) electrons. The quantitative estimate of drug-likeness (QED) is 0.655. The minimum atomic E-state index is -4.46. The number of aromatic nitrogens is 2. The first-order valence-corrected chi connectivity index (χ1v) is 11.2. The molecule has 1 amide bonds. The van der Waals surface area contributed by atoms with Gasteiger partial charge in [0.2, 0.25) is 0 Å². The summed E-state index contributed by atoms with van der Waals surface area (Å²) in [5, 5.41) is 7.37. The monoisotopic (exact) mass is 446 g/mol. The lowest BCUT2D eigenvalue weighted by Gasteiger charge is -2.39. The predicted octanol–water partition coefficient (Wildman–Crippen LogP) is 5.58. The number of carbonyl (C=O) groups excluding carboxylic acids is 1. The number of alkyl halides is 3. The van der Waals surface area contributed by atoms with Gasteiger partial charge in [0.25, 0.3) is 5.91 Å². The minimum absolute atomic E-state index is 0.0482. The molecule has 5 rings (SSSR count). The fourth-order valence-corrected chi connectivity index (χ4v) is 6.43. The lowest BCUT2D eigenvalue weighted by atomic mass is 9.65. The highest BCUT2D eigenvalue weighted by Gasteiger charge is 2.52. The zero-order valence-electron chi connectivity index (χ0n) is 18.6. The number of hydrogen-bond donors (Lipinski definition) is 1. The van der Waals surface area contributed by atoms with Crippen molar-refractivity contribution >= 4 is 11.7 Å². The Hall–Kier alpha value is -2.51. The molecule has 0 spiro atoms. The van der Waals surface area contributed by atoms with E-state index < -0.39 is 18.3 Å². The summed E-state index contributed by atoms with van der Waals surface area (Å²) in [5.74, 6) is -0.0261. The molecule has 1 aliphatic carbocycles. The van der Waals surface area contributed by atoms with Crippen molar-refractivity contribution in [1.82, 2.24) is 14.7 Å². The maximum absolute atomic E-state index is 13.9. The Bertz CT molecular complexity index is 1030. The fourth-order valence-electron chi connectivity index (χ4n) is 6.43. The van der Waals surface area contributed by atoms with Crippen molar-refractivity contribution in [2.24, 2.45) is 10.8 Å². The van der Waals surface area contributed by atoms with E-state index in [1.165, 1.54) is 6.07 Å². The fraction of sp³-hybridized carbons (Fsp3) is 0.583. The van der Waals surface area contributed by atoms with Crippen LogP contribution in [0.3, 0.4) is 0 Å². The third kappa shape index (κ3) is 3.67. The van der Waals surface area contributed by atoms with Crippen molar-refractivity contribution in [2.45, 2.75) is 70.8 Å². The molecule has 3 heterocycles. The highest BCUT2D eigenvalue weighted by molar-refractivity contribution is 5.93. The Balaban J connectivity index is 1.46. The van der Waals surface area contributed by atoms with Gasteiger partial charge in [0, 0.05) is 25.1 Å². The van der Waals surface area contributed by atoms with Gasteiger partial charge in [-0.1, -0.05) is 51.1 Å². The van der Waals surface area contributed by atoms with Gasteiger partial charge in [-0.15, -0.1) is 0 Å². The number of likely N-dealkylation sites (tertiary alicyclic amines) is 1. The summed E-state index contributed by atoms with van der Waals surface area (Å²) < 4.78 is 42.8. The van der Waals surface area contributed by atoms with Gasteiger partial charge in [-0.25, -0.2) is 4.68 Å². The molecule has 2 bridgehead atoms. The molecular weight excluding hydrogens is 417 g/mol. The molecular formula is C24H29F3N4O. The lowest BCUT2D eigenvalue weighted by Crippen LogP contribution is -2.38. The van der Waals surface area contributed by atoms with Crippen LogP contribution in [0.2, 0.25) is 0 Å². The van der Waals surface area contributed by atoms with Crippen LogP contribution in [0.15, 0.2) is 36.4 Å². The number of nitrogens with zero attached hydrogens (tertiary/aromatic N) is 3. The maximum atomic E-state index is 13.9. The molecule has 1 saturated carbocycles. The highest BCUT2D eigenvalue weighted by Crippen LogP contribution is 2.53. The zero-order chi connectivity index (χ0) is 22.9. The van der Waals surface area contributed by atoms with Crippen LogP contribution in [0.1, 0.15) is 74.6 Å². The number of amides is 1. The molecule has 3 aliphatic rings. The summed E-state index contributed by atoms with van der Waals surface area (Å²) in [6, 6.07) is 8.42. The van der Waals surface area contributed by atoms with Crippen LogP contribution in [-0.2, 0) is 0 Å². The Morgan fingerprint density at radius 2 is 1.88 bits per heavy atom. The zero-order valence-corrected chi connectivity index (χ0v) is 18.6. The van der Waals surface area contributed by atoms with Gasteiger partial charge >= 0.3 is 6.18 Å². The smallest absolute Gasteiger partial charge is 0.363 e. The third-order valence-electron chi connectivity index (χ3n) is 7.29. The first-order chi connectivity index (χ1) is 14.9. The molecule has 5 nitrogen and oxygen atoms in total. The number of benzene rings is 1. The summed E-state index contributed by atoms with van der Waals surface area (Å²) in [7, 11) is 0. The molecule has 4 unspecified atom stereocenters. The van der Waals surface area contributed by atoms with E-state index in [9.17, 15) is 18.0 Å². The van der Waals surface area contributed by atoms with E-state index in [2.05, 4.69) is 31.2 Å². The van der Waals surface area contributed by atoms with Gasteiger partial charge in [0.1, 0.15) is 5.82 Å². The molecule has 1 saturated heterocycles. The van der Waals surface area contributed by atoms with Gasteiger partial charge in [-0.2, -0.15) is 18.3 Å². The van der Waals surface area contributed by atoms with Crippen LogP contribution in [0.25, 0.3) is 0 Å². The largest absolute Gasteiger partial charge is 0.410 e. The van der Waals surface area contributed by atoms with Gasteiger partial charge in [0.05, 0.1) is 6.04 Å². The van der Waals surface area contributed by atoms with Crippen LogP contribution in [-0.4, -0.2) is 39.4 Å². The van der Waals surface area contributed by atoms with E-state index in [0.717, 1.165) is 29.5 Å². The Kier molecular flexibility index (Phi) is 4.66. The Labute approximate surface area is 186 Å². The second-order valence-electron chi connectivity index (χ2n) is 10.9. The molecule has 1 aromatic heterocycles. The molecule has 4 atom stereocenters. The molecule has 32 heavy (non-hydrogen) atoms. The van der Waals surface area contributed by atoms with Crippen LogP contribution < -0.4 is 5.32 Å². The summed E-state index contributed by atoms with van der Waals surface area (Å²) in [5.41, 5.74) is 1.06. The Morgan fingerprint density at radius 1 is 1.16 bits per heavy atom. The second kappa shape index (κ2) is 6.99. The van der Waals surface area contributed by atoms with E-state index in [-0.39, 0.29) is 40.7 Å². The number of hydrogen-bond acceptors (Lipinski definition) is 3. The molecule has 1 N–H and O–H groups in total. The average Bonchev–Trinajstić information content (AvgIpc) is 3.23. The summed E-state index contributed by atoms with van der Waals surface area (Å²) in [4.78, 5) is 15.3. The first-order valence-electron chi connectivity index (χ1n) is 11.2. The molecule has 172 valence electrons. The van der Waals surface area contributed by atoms with E-state index >= 15 is 0 Å². The average molecular weight is 447 g/mol. The molecule has 2 aromatic rings. The summed E-state index contributed by atoms with van der Waals surface area (Å²) in [6.45, 7) is 7.29. The predicted molar refractivity (Wildman–Crippen MR) is 115 cm³/mol. The Morgan fingerprint density at radius 3 is 2.56 bits per heavy atom. The van der Waals surface area contributed by atoms with E-state index in [1.807, 2.05) is 35.2 Å². The van der Waals surface area contributed by atoms with E-state index in [0.29, 0.717) is 6.54 Å². The van der Waals surface area contributed by atoms with Crippen molar-refractivity contribution < 1.29 is 18.0 Å². The number of carbonyl (C=O) groups is 1. The van der Waals surface area contributed by atoms with Gasteiger partial charge < -0.3 is 10.2 Å². The highest BCUT2D eigenvalue weighted by atomic mass is 19.4. The van der Waals surface area contributed by atoms with Crippen molar-refractivity contribution in [3.63, 3.8) is 0 Å². The van der Waals surface area contributed by atoms with Crippen LogP contribution in [0, 0.1) is 10.8 Å². The molecule has 8 heteroatoms. The number of fused-ring (bicyclic) bond motifs is 3. The van der Waals surface area contributed by atoms with Gasteiger partial charge in [0.15, 0.2) is 11.7 Å². The van der Waals surface area contributed by atoms with E-state index in [1.54, 1.807) is 0 Å². The lowest BCUT2D eigenvalue weighted by molar-refractivity contribution is -0.173. The van der Waals surface area contributed by atoms with Gasteiger partial charge in [-0.05, 0) is 35.7 Å². The first kappa shape index (κ1) is 21.3. The third-order valence-corrected chi connectivity index (χ3v) is 7.29.